The zero-order valence-electron chi connectivity index (χ0n) is 25.3. The van der Waals surface area contributed by atoms with Crippen LogP contribution < -0.4 is 16.4 Å². The van der Waals surface area contributed by atoms with E-state index in [1.165, 1.54) is 48.5 Å². The lowest BCUT2D eigenvalue weighted by Gasteiger charge is -2.45. The van der Waals surface area contributed by atoms with Crippen molar-refractivity contribution >= 4 is 45.7 Å². The summed E-state index contributed by atoms with van der Waals surface area (Å²) < 4.78 is 233. The van der Waals surface area contributed by atoms with Crippen LogP contribution in [0.2, 0.25) is 0 Å². The van der Waals surface area contributed by atoms with Gasteiger partial charge < -0.3 is 4.65 Å². The molecule has 0 aliphatic rings. The Kier molecular flexibility index (Phi) is 10.2. The molecule has 270 valence electrons. The van der Waals surface area contributed by atoms with E-state index >= 15 is 26.3 Å². The van der Waals surface area contributed by atoms with E-state index in [1.807, 2.05) is 0 Å². The summed E-state index contributed by atoms with van der Waals surface area (Å²) in [6.45, 7) is 0.852. The fourth-order valence-electron chi connectivity index (χ4n) is 5.27. The van der Waals surface area contributed by atoms with Crippen LogP contribution in [0.5, 0.6) is 0 Å². The van der Waals surface area contributed by atoms with Crippen LogP contribution in [0.15, 0.2) is 70.6 Å². The van der Waals surface area contributed by atoms with Crippen molar-refractivity contribution in [3.05, 3.63) is 148 Å². The van der Waals surface area contributed by atoms with Gasteiger partial charge in [-0.15, -0.1) is 0 Å². The Morgan fingerprint density at radius 1 is 0.385 bits per heavy atom. The molecule has 5 aromatic carbocycles. The van der Waals surface area contributed by atoms with Gasteiger partial charge in [0, 0.05) is 0 Å². The number of benzene rings is 5. The SMILES string of the molecule is CC(=Nc1ccccc1)C(=Nc1ccccc1)O[B-](c1c(F)c(F)c(F)c(F)c1F)(c1c(F)c(F)c(F)c(F)c1F)c1c(F)c(F)c(F)c(F)c1F. The predicted molar refractivity (Wildman–Crippen MR) is 157 cm³/mol. The maximum Gasteiger partial charge on any atom is 0.267 e. The molecule has 3 nitrogen and oxygen atoms in total. The zero-order valence-corrected chi connectivity index (χ0v) is 25.3. The summed E-state index contributed by atoms with van der Waals surface area (Å²) in [4.78, 5) is 7.83. The average Bonchev–Trinajstić information content (AvgIpc) is 3.13. The number of hydrogen-bond donors (Lipinski definition) is 0. The van der Waals surface area contributed by atoms with Crippen molar-refractivity contribution in [2.45, 2.75) is 6.92 Å². The minimum Gasteiger partial charge on any atom is -0.687 e. The third-order valence-electron chi connectivity index (χ3n) is 7.59. The molecule has 0 heterocycles. The van der Waals surface area contributed by atoms with Crippen molar-refractivity contribution in [1.29, 1.82) is 0 Å². The molecule has 19 heteroatoms. The molecule has 0 spiro atoms. The second-order valence-electron chi connectivity index (χ2n) is 10.6. The Morgan fingerprint density at radius 2 is 0.635 bits per heavy atom. The highest BCUT2D eigenvalue weighted by Gasteiger charge is 2.51. The summed E-state index contributed by atoms with van der Waals surface area (Å²) in [5, 5.41) is 0. The molecule has 0 bridgehead atoms. The van der Waals surface area contributed by atoms with E-state index in [-0.39, 0.29) is 11.4 Å². The van der Waals surface area contributed by atoms with Gasteiger partial charge in [-0.05, 0) is 31.2 Å². The van der Waals surface area contributed by atoms with Gasteiger partial charge in [-0.1, -0.05) is 52.8 Å². The standard InChI is InChI=1S/C33H13BF15N2O/c1-12(50-13-8-4-2-5-9-13)33(51-14-10-6-3-7-11-14)52-34(15-18(35)24(41)30(47)25(42)19(15)36,16-20(37)26(43)31(48)27(44)21(16)38)17-22(39)28(45)32(49)29(46)23(17)40/h2-11H,1H3/q-1. The first kappa shape index (κ1) is 37.5. The summed E-state index contributed by atoms with van der Waals surface area (Å²) in [6, 6.07) is 12.7. The maximum atomic E-state index is 15.9. The number of para-hydroxylation sites is 2. The minimum absolute atomic E-state index is 0.0915. The topological polar surface area (TPSA) is 34.0 Å². The first-order valence-electron chi connectivity index (χ1n) is 14.1. The fourth-order valence-corrected chi connectivity index (χ4v) is 5.27. The first-order chi connectivity index (χ1) is 24.5. The number of halogens is 15. The van der Waals surface area contributed by atoms with Gasteiger partial charge in [0.2, 0.25) is 0 Å². The Morgan fingerprint density at radius 3 is 0.923 bits per heavy atom. The van der Waals surface area contributed by atoms with E-state index < -0.39 is 122 Å². The fraction of sp³-hybridized carbons (Fsp3) is 0.0303. The van der Waals surface area contributed by atoms with E-state index in [0.717, 1.165) is 19.1 Å². The zero-order chi connectivity index (χ0) is 38.4. The van der Waals surface area contributed by atoms with Gasteiger partial charge in [0.05, 0.1) is 17.1 Å². The second-order valence-corrected chi connectivity index (χ2v) is 10.6. The molecule has 0 saturated carbocycles. The summed E-state index contributed by atoms with van der Waals surface area (Å²) in [5.74, 6) is -49.0. The van der Waals surface area contributed by atoms with E-state index in [1.54, 1.807) is 0 Å². The highest BCUT2D eigenvalue weighted by Crippen LogP contribution is 2.30. The van der Waals surface area contributed by atoms with Crippen LogP contribution in [0, 0.1) is 87.3 Å². The van der Waals surface area contributed by atoms with Gasteiger partial charge in [-0.2, -0.15) is 0 Å². The van der Waals surface area contributed by atoms with Gasteiger partial charge in [-0.25, -0.2) is 75.8 Å². The first-order valence-corrected chi connectivity index (χ1v) is 14.1. The Balaban J connectivity index is 2.14. The quantitative estimate of drug-likeness (QED) is 0.0412. The minimum atomic E-state index is -6.39. The third kappa shape index (κ3) is 6.02. The molecule has 0 atom stereocenters. The van der Waals surface area contributed by atoms with E-state index in [2.05, 4.69) is 9.98 Å². The molecular formula is C33H13BF15N2O-. The molecule has 5 aromatic rings. The average molecular weight is 749 g/mol. The van der Waals surface area contributed by atoms with Crippen LogP contribution in [-0.4, -0.2) is 18.0 Å². The number of nitrogens with zero attached hydrogens (tertiary/aromatic N) is 2. The van der Waals surface area contributed by atoms with E-state index in [4.69, 9.17) is 4.65 Å². The van der Waals surface area contributed by atoms with E-state index in [9.17, 15) is 39.5 Å². The summed E-state index contributed by atoms with van der Waals surface area (Å²) in [7, 11) is 0. The Hall–Kier alpha value is -5.75. The molecule has 52 heavy (non-hydrogen) atoms. The molecule has 0 N–H and O–H groups in total. The number of aliphatic imine (C=N–C) groups is 2. The molecule has 0 radical (unpaired) electrons. The van der Waals surface area contributed by atoms with Crippen LogP contribution in [0.4, 0.5) is 77.2 Å². The van der Waals surface area contributed by atoms with E-state index in [0.29, 0.717) is 0 Å². The predicted octanol–water partition coefficient (Wildman–Crippen LogP) is 8.28. The van der Waals surface area contributed by atoms with Crippen molar-refractivity contribution in [2.24, 2.45) is 9.98 Å². The molecule has 0 unspecified atom stereocenters. The van der Waals surface area contributed by atoms with Crippen molar-refractivity contribution in [2.75, 3.05) is 0 Å². The smallest absolute Gasteiger partial charge is 0.267 e. The lowest BCUT2D eigenvalue weighted by molar-refractivity contribution is 0.375. The molecule has 0 aliphatic carbocycles. The van der Waals surface area contributed by atoms with Crippen molar-refractivity contribution in [1.82, 2.24) is 0 Å². The summed E-state index contributed by atoms with van der Waals surface area (Å²) in [6.07, 6.45) is -6.39. The van der Waals surface area contributed by atoms with Crippen LogP contribution in [0.25, 0.3) is 0 Å². The molecule has 0 saturated heterocycles. The summed E-state index contributed by atoms with van der Waals surface area (Å²) in [5.41, 5.74) is -10.1. The van der Waals surface area contributed by atoms with Gasteiger partial charge in [0.25, 0.3) is 6.35 Å². The lowest BCUT2D eigenvalue weighted by atomic mass is 9.27. The lowest BCUT2D eigenvalue weighted by Crippen LogP contribution is -2.76. The Bertz CT molecular complexity index is 2050. The molecule has 0 aliphatic heterocycles. The molecular weight excluding hydrogens is 736 g/mol. The normalized spacial score (nSPS) is 12.5. The highest BCUT2D eigenvalue weighted by molar-refractivity contribution is 7.08. The second kappa shape index (κ2) is 14.1. The summed E-state index contributed by atoms with van der Waals surface area (Å²) >= 11 is 0. The van der Waals surface area contributed by atoms with Crippen molar-refractivity contribution in [3.8, 4) is 0 Å². The van der Waals surface area contributed by atoms with Gasteiger partial charge in [0.1, 0.15) is 34.9 Å². The maximum absolute atomic E-state index is 15.9. The molecule has 0 amide bonds. The van der Waals surface area contributed by atoms with Crippen molar-refractivity contribution < 1.29 is 70.5 Å². The highest BCUT2D eigenvalue weighted by atomic mass is 19.2. The molecule has 0 aromatic heterocycles. The monoisotopic (exact) mass is 749 g/mol. The molecule has 5 rings (SSSR count). The van der Waals surface area contributed by atoms with Gasteiger partial charge >= 0.3 is 0 Å². The van der Waals surface area contributed by atoms with Crippen LogP contribution in [0.3, 0.4) is 0 Å². The number of hydrogen-bond acceptors (Lipinski definition) is 3. The third-order valence-corrected chi connectivity index (χ3v) is 7.59. The largest absolute Gasteiger partial charge is 0.687 e. The van der Waals surface area contributed by atoms with Crippen LogP contribution in [0.1, 0.15) is 6.92 Å². The van der Waals surface area contributed by atoms with Gasteiger partial charge in [-0.3, -0.25) is 0 Å². The number of rotatable bonds is 7. The van der Waals surface area contributed by atoms with Crippen molar-refractivity contribution in [3.63, 3.8) is 0 Å². The van der Waals surface area contributed by atoms with Crippen LogP contribution >= 0.6 is 0 Å². The molecule has 0 fully saturated rings. The van der Waals surface area contributed by atoms with Crippen LogP contribution in [-0.2, 0) is 4.65 Å². The Labute approximate surface area is 281 Å². The van der Waals surface area contributed by atoms with Gasteiger partial charge in [0.15, 0.2) is 58.3 Å².